The summed E-state index contributed by atoms with van der Waals surface area (Å²) in [7, 11) is 1.90. The Morgan fingerprint density at radius 3 is 2.52 bits per heavy atom. The van der Waals surface area contributed by atoms with Gasteiger partial charge in [0, 0.05) is 37.8 Å². The van der Waals surface area contributed by atoms with Gasteiger partial charge in [0.1, 0.15) is 0 Å². The quantitative estimate of drug-likeness (QED) is 0.750. The molecule has 1 aliphatic heterocycles. The first-order chi connectivity index (χ1) is 13.7. The predicted molar refractivity (Wildman–Crippen MR) is 99.4 cm³/mol. The first-order valence-electron chi connectivity index (χ1n) is 8.86. The van der Waals surface area contributed by atoms with Gasteiger partial charge in [-0.2, -0.15) is 24.5 Å². The molecule has 12 heteroatoms. The monoisotopic (exact) mass is 433 g/mol. The summed E-state index contributed by atoms with van der Waals surface area (Å²) in [4.78, 5) is 23.2. The van der Waals surface area contributed by atoms with Gasteiger partial charge < -0.3 is 15.3 Å². The zero-order valence-electron chi connectivity index (χ0n) is 15.7. The van der Waals surface area contributed by atoms with Crippen molar-refractivity contribution in [3.05, 3.63) is 34.3 Å². The predicted octanol–water partition coefficient (Wildman–Crippen LogP) is 2.24. The van der Waals surface area contributed by atoms with Crippen LogP contribution < -0.4 is 5.32 Å². The van der Waals surface area contributed by atoms with Gasteiger partial charge in [-0.05, 0) is 37.3 Å². The van der Waals surface area contributed by atoms with E-state index in [1.54, 1.807) is 11.3 Å². The molecule has 1 fully saturated rings. The second kappa shape index (κ2) is 10.3. The number of carboxylic acids is 1. The first kappa shape index (κ1) is 22.8. The summed E-state index contributed by atoms with van der Waals surface area (Å²) >= 11 is 1.57. The average Bonchev–Trinajstić information content (AvgIpc) is 3.34. The van der Waals surface area contributed by atoms with Gasteiger partial charge in [0.05, 0.1) is 11.3 Å². The highest BCUT2D eigenvalue weighted by atomic mass is 32.1. The summed E-state index contributed by atoms with van der Waals surface area (Å²) in [5, 5.41) is 22.4. The lowest BCUT2D eigenvalue weighted by Gasteiger charge is -2.31. The van der Waals surface area contributed by atoms with Gasteiger partial charge in [-0.3, -0.25) is 9.48 Å². The summed E-state index contributed by atoms with van der Waals surface area (Å²) in [6.45, 7) is 3.29. The maximum absolute atomic E-state index is 12.3. The second-order valence-corrected chi connectivity index (χ2v) is 7.29. The number of carbonyl (C=O) groups excluding carboxylic acids is 1. The maximum atomic E-state index is 12.3. The van der Waals surface area contributed by atoms with Crippen molar-refractivity contribution >= 4 is 23.2 Å². The molecular formula is C17H22F3N5O3S. The summed E-state index contributed by atoms with van der Waals surface area (Å²) < 4.78 is 33.7. The van der Waals surface area contributed by atoms with Crippen LogP contribution in [0.1, 0.15) is 28.9 Å². The third-order valence-corrected chi connectivity index (χ3v) is 4.98. The first-order valence-corrected chi connectivity index (χ1v) is 9.80. The molecule has 0 spiro atoms. The topological polar surface area (TPSA) is 100 Å². The maximum Gasteiger partial charge on any atom is 0.490 e. The number of hydrogen-bond donors (Lipinski definition) is 2. The highest BCUT2D eigenvalue weighted by molar-refractivity contribution is 7.08. The normalized spacial score (nSPS) is 15.0. The van der Waals surface area contributed by atoms with Gasteiger partial charge in [0.15, 0.2) is 0 Å². The minimum atomic E-state index is -5.08. The molecule has 3 heterocycles. The van der Waals surface area contributed by atoms with Crippen LogP contribution in [0.2, 0.25) is 0 Å². The Balaban J connectivity index is 0.000000370. The molecule has 0 aromatic carbocycles. The summed E-state index contributed by atoms with van der Waals surface area (Å²) in [5.74, 6) is -2.03. The Kier molecular flexibility index (Phi) is 8.14. The van der Waals surface area contributed by atoms with Gasteiger partial charge in [-0.1, -0.05) is 5.21 Å². The van der Waals surface area contributed by atoms with E-state index in [1.807, 2.05) is 39.7 Å². The zero-order valence-corrected chi connectivity index (χ0v) is 16.5. The lowest BCUT2D eigenvalue weighted by molar-refractivity contribution is -0.192. The van der Waals surface area contributed by atoms with E-state index in [9.17, 15) is 18.0 Å². The van der Waals surface area contributed by atoms with E-state index >= 15 is 0 Å². The number of nitrogens with one attached hydrogen (secondary N) is 1. The van der Waals surface area contributed by atoms with Crippen LogP contribution in [0.5, 0.6) is 0 Å². The summed E-state index contributed by atoms with van der Waals surface area (Å²) in [5.41, 5.74) is 1.78. The van der Waals surface area contributed by atoms with Gasteiger partial charge >= 0.3 is 12.1 Å². The molecule has 160 valence electrons. The molecule has 1 saturated heterocycles. The van der Waals surface area contributed by atoms with E-state index in [-0.39, 0.29) is 5.91 Å². The smallest absolute Gasteiger partial charge is 0.475 e. The zero-order chi connectivity index (χ0) is 21.4. The van der Waals surface area contributed by atoms with E-state index in [2.05, 4.69) is 15.6 Å². The molecule has 2 aromatic rings. The van der Waals surface area contributed by atoms with E-state index < -0.39 is 12.1 Å². The van der Waals surface area contributed by atoms with Crippen LogP contribution >= 0.6 is 11.3 Å². The van der Waals surface area contributed by atoms with Crippen molar-refractivity contribution in [2.24, 2.45) is 5.92 Å². The minimum Gasteiger partial charge on any atom is -0.475 e. The van der Waals surface area contributed by atoms with Crippen LogP contribution in [-0.4, -0.2) is 63.2 Å². The number of halogens is 3. The Hall–Kier alpha value is -2.47. The van der Waals surface area contributed by atoms with Crippen molar-refractivity contribution in [2.75, 3.05) is 20.1 Å². The minimum absolute atomic E-state index is 0.164. The van der Waals surface area contributed by atoms with Crippen molar-refractivity contribution in [1.29, 1.82) is 0 Å². The molecule has 0 atom stereocenters. The van der Waals surface area contributed by atoms with Crippen molar-refractivity contribution in [3.8, 4) is 0 Å². The molecule has 0 saturated carbocycles. The molecule has 29 heavy (non-hydrogen) atoms. The number of amides is 1. The van der Waals surface area contributed by atoms with Gasteiger partial charge in [-0.25, -0.2) is 4.79 Å². The number of nitrogens with zero attached hydrogens (tertiary/aromatic N) is 4. The largest absolute Gasteiger partial charge is 0.490 e. The van der Waals surface area contributed by atoms with Crippen LogP contribution in [0.15, 0.2) is 23.0 Å². The van der Waals surface area contributed by atoms with Gasteiger partial charge in [0.25, 0.3) is 5.91 Å². The number of aliphatic carboxylic acids is 1. The molecule has 2 aromatic heterocycles. The van der Waals surface area contributed by atoms with Crippen molar-refractivity contribution in [3.63, 3.8) is 0 Å². The third-order valence-electron chi connectivity index (χ3n) is 4.30. The van der Waals surface area contributed by atoms with Crippen LogP contribution in [0.4, 0.5) is 13.2 Å². The third kappa shape index (κ3) is 7.13. The number of aromatic nitrogens is 3. The molecule has 0 radical (unpaired) electrons. The fourth-order valence-electron chi connectivity index (χ4n) is 2.84. The van der Waals surface area contributed by atoms with Crippen molar-refractivity contribution < 1.29 is 27.9 Å². The van der Waals surface area contributed by atoms with Crippen LogP contribution in [0, 0.1) is 5.92 Å². The Labute approximate surface area is 169 Å². The molecule has 8 nitrogen and oxygen atoms in total. The number of rotatable bonds is 5. The molecular weight excluding hydrogens is 411 g/mol. The Morgan fingerprint density at radius 2 is 2.00 bits per heavy atom. The molecule has 0 aliphatic carbocycles. The molecule has 3 rings (SSSR count). The second-order valence-electron chi connectivity index (χ2n) is 6.51. The van der Waals surface area contributed by atoms with Crippen molar-refractivity contribution in [2.45, 2.75) is 32.1 Å². The SMILES string of the molecule is CNCc1cn(CC2CCN(C(=O)c3ccsc3)CC2)nn1.O=C(O)C(F)(F)F. The van der Waals surface area contributed by atoms with E-state index in [0.29, 0.717) is 5.92 Å². The number of thiophene rings is 1. The van der Waals surface area contributed by atoms with E-state index in [1.165, 1.54) is 0 Å². The highest BCUT2D eigenvalue weighted by Gasteiger charge is 2.38. The number of hydrogen-bond acceptors (Lipinski definition) is 6. The Bertz CT molecular complexity index is 787. The van der Waals surface area contributed by atoms with Crippen LogP contribution in [0.25, 0.3) is 0 Å². The number of piperidine rings is 1. The van der Waals surface area contributed by atoms with E-state index in [4.69, 9.17) is 9.90 Å². The average molecular weight is 433 g/mol. The number of carbonyl (C=O) groups is 2. The fraction of sp³-hybridized carbons (Fsp3) is 0.529. The number of carboxylic acid groups (broad SMARTS) is 1. The van der Waals surface area contributed by atoms with Crippen LogP contribution in [-0.2, 0) is 17.9 Å². The molecule has 1 aliphatic rings. The Morgan fingerprint density at radius 1 is 1.34 bits per heavy atom. The molecule has 2 N–H and O–H groups in total. The van der Waals surface area contributed by atoms with E-state index in [0.717, 1.165) is 50.3 Å². The van der Waals surface area contributed by atoms with Gasteiger partial charge in [-0.15, -0.1) is 5.10 Å². The van der Waals surface area contributed by atoms with Crippen LogP contribution in [0.3, 0.4) is 0 Å². The number of alkyl halides is 3. The highest BCUT2D eigenvalue weighted by Crippen LogP contribution is 2.21. The molecule has 1 amide bonds. The summed E-state index contributed by atoms with van der Waals surface area (Å²) in [6.07, 6.45) is -1.03. The lowest BCUT2D eigenvalue weighted by atomic mass is 9.96. The fourth-order valence-corrected chi connectivity index (χ4v) is 3.47. The molecule has 0 unspecified atom stereocenters. The standard InChI is InChI=1S/C15H21N5OS.C2HF3O2/c1-16-8-14-10-20(18-17-14)9-12-2-5-19(6-3-12)15(21)13-4-7-22-11-13;3-2(4,5)1(6)7/h4,7,10-12,16H,2-3,5-6,8-9H2,1H3;(H,6,7). The summed E-state index contributed by atoms with van der Waals surface area (Å²) in [6, 6.07) is 1.90. The molecule has 0 bridgehead atoms. The number of likely N-dealkylation sites (tertiary alicyclic amines) is 1. The lowest BCUT2D eigenvalue weighted by Crippen LogP contribution is -2.39. The van der Waals surface area contributed by atoms with Gasteiger partial charge in [0.2, 0.25) is 0 Å². The van der Waals surface area contributed by atoms with Crippen molar-refractivity contribution in [1.82, 2.24) is 25.2 Å².